The molecule has 1 aliphatic rings. The standard InChI is InChI=1S/C14H18N2O4/c1-9-2-5-14(6-3-9,13(19)20)16-12(18)10-8-15-7-4-11(10)17/h4,7-9H,2-3,5-6H2,1H3,(H,15,17)(H,16,18)(H,19,20). The summed E-state index contributed by atoms with van der Waals surface area (Å²) in [7, 11) is 0. The molecule has 108 valence electrons. The molecule has 0 atom stereocenters. The number of aromatic amines is 1. The fourth-order valence-corrected chi connectivity index (χ4v) is 2.53. The van der Waals surface area contributed by atoms with Crippen molar-refractivity contribution in [3.05, 3.63) is 34.2 Å². The van der Waals surface area contributed by atoms with E-state index in [1.165, 1.54) is 18.5 Å². The van der Waals surface area contributed by atoms with Crippen molar-refractivity contribution in [3.8, 4) is 0 Å². The summed E-state index contributed by atoms with van der Waals surface area (Å²) in [6, 6.07) is 1.24. The molecule has 1 aliphatic carbocycles. The molecule has 0 unspecified atom stereocenters. The Morgan fingerprint density at radius 2 is 2.05 bits per heavy atom. The van der Waals surface area contributed by atoms with Crippen molar-refractivity contribution >= 4 is 11.9 Å². The van der Waals surface area contributed by atoms with E-state index in [0.29, 0.717) is 18.8 Å². The number of aromatic nitrogens is 1. The molecule has 2 rings (SSSR count). The quantitative estimate of drug-likeness (QED) is 0.772. The van der Waals surface area contributed by atoms with E-state index in [0.717, 1.165) is 12.8 Å². The first-order valence-corrected chi connectivity index (χ1v) is 6.67. The van der Waals surface area contributed by atoms with Crippen molar-refractivity contribution in [3.63, 3.8) is 0 Å². The van der Waals surface area contributed by atoms with Gasteiger partial charge in [0.25, 0.3) is 5.91 Å². The van der Waals surface area contributed by atoms with Crippen molar-refractivity contribution in [2.24, 2.45) is 5.92 Å². The lowest BCUT2D eigenvalue weighted by molar-refractivity contribution is -0.146. The number of hydrogen-bond acceptors (Lipinski definition) is 3. The number of aliphatic carboxylic acids is 1. The Balaban J connectivity index is 2.21. The molecule has 1 fully saturated rings. The maximum atomic E-state index is 12.1. The number of carboxylic acids is 1. The van der Waals surface area contributed by atoms with E-state index in [9.17, 15) is 19.5 Å². The zero-order valence-corrected chi connectivity index (χ0v) is 11.3. The molecule has 1 amide bonds. The lowest BCUT2D eigenvalue weighted by Crippen LogP contribution is -2.56. The number of nitrogens with one attached hydrogen (secondary N) is 2. The molecule has 20 heavy (non-hydrogen) atoms. The van der Waals surface area contributed by atoms with Gasteiger partial charge in [-0.3, -0.25) is 9.59 Å². The molecule has 0 radical (unpaired) electrons. The van der Waals surface area contributed by atoms with Gasteiger partial charge in [-0.25, -0.2) is 4.79 Å². The van der Waals surface area contributed by atoms with E-state index >= 15 is 0 Å². The van der Waals surface area contributed by atoms with Crippen LogP contribution in [0.25, 0.3) is 0 Å². The zero-order chi connectivity index (χ0) is 14.8. The molecule has 6 heteroatoms. The molecule has 0 saturated heterocycles. The van der Waals surface area contributed by atoms with E-state index in [2.05, 4.69) is 17.2 Å². The molecular weight excluding hydrogens is 260 g/mol. The molecule has 1 aromatic rings. The highest BCUT2D eigenvalue weighted by Crippen LogP contribution is 2.32. The fraction of sp³-hybridized carbons (Fsp3) is 0.500. The van der Waals surface area contributed by atoms with Crippen LogP contribution in [0.5, 0.6) is 0 Å². The van der Waals surface area contributed by atoms with E-state index in [4.69, 9.17) is 0 Å². The molecule has 1 saturated carbocycles. The van der Waals surface area contributed by atoms with E-state index in [-0.39, 0.29) is 5.56 Å². The van der Waals surface area contributed by atoms with Crippen molar-refractivity contribution in [1.29, 1.82) is 0 Å². The predicted octanol–water partition coefficient (Wildman–Crippen LogP) is 1.14. The maximum absolute atomic E-state index is 12.1. The molecule has 0 bridgehead atoms. The summed E-state index contributed by atoms with van der Waals surface area (Å²) in [4.78, 5) is 37.9. The first kappa shape index (κ1) is 14.3. The molecule has 0 spiro atoms. The summed E-state index contributed by atoms with van der Waals surface area (Å²) in [6.07, 6.45) is 4.99. The summed E-state index contributed by atoms with van der Waals surface area (Å²) in [5.74, 6) is -1.21. The van der Waals surface area contributed by atoms with E-state index < -0.39 is 22.8 Å². The summed E-state index contributed by atoms with van der Waals surface area (Å²) in [5, 5.41) is 12.0. The van der Waals surface area contributed by atoms with Gasteiger partial charge in [0.2, 0.25) is 0 Å². The van der Waals surface area contributed by atoms with Gasteiger partial charge < -0.3 is 15.4 Å². The van der Waals surface area contributed by atoms with Crippen molar-refractivity contribution < 1.29 is 14.7 Å². The Kier molecular flexibility index (Phi) is 3.92. The third kappa shape index (κ3) is 2.74. The second-order valence-corrected chi connectivity index (χ2v) is 5.45. The minimum absolute atomic E-state index is 0.0632. The van der Waals surface area contributed by atoms with Crippen LogP contribution in [-0.4, -0.2) is 27.5 Å². The van der Waals surface area contributed by atoms with Gasteiger partial charge in [0.05, 0.1) is 0 Å². The smallest absolute Gasteiger partial charge is 0.329 e. The third-order valence-electron chi connectivity index (χ3n) is 3.96. The number of carbonyl (C=O) groups is 2. The van der Waals surface area contributed by atoms with Crippen LogP contribution in [0.3, 0.4) is 0 Å². The Hall–Kier alpha value is -2.11. The molecule has 0 aliphatic heterocycles. The molecule has 3 N–H and O–H groups in total. The number of pyridine rings is 1. The van der Waals surface area contributed by atoms with Gasteiger partial charge in [-0.1, -0.05) is 6.92 Å². The Bertz CT molecular complexity index is 571. The van der Waals surface area contributed by atoms with Crippen molar-refractivity contribution in [2.45, 2.75) is 38.1 Å². The third-order valence-corrected chi connectivity index (χ3v) is 3.96. The maximum Gasteiger partial charge on any atom is 0.329 e. The first-order valence-electron chi connectivity index (χ1n) is 6.67. The molecule has 1 aromatic heterocycles. The number of carbonyl (C=O) groups excluding carboxylic acids is 1. The average molecular weight is 278 g/mol. The van der Waals surface area contributed by atoms with Gasteiger partial charge in [-0.05, 0) is 31.6 Å². The van der Waals surface area contributed by atoms with Crippen molar-refractivity contribution in [1.82, 2.24) is 10.3 Å². The van der Waals surface area contributed by atoms with E-state index in [1.54, 1.807) is 0 Å². The lowest BCUT2D eigenvalue weighted by Gasteiger charge is -2.36. The van der Waals surface area contributed by atoms with Gasteiger partial charge in [-0.2, -0.15) is 0 Å². The highest BCUT2D eigenvalue weighted by atomic mass is 16.4. The van der Waals surface area contributed by atoms with Crippen LogP contribution in [0.15, 0.2) is 23.3 Å². The highest BCUT2D eigenvalue weighted by molar-refractivity contribution is 5.97. The molecule has 6 nitrogen and oxygen atoms in total. The minimum Gasteiger partial charge on any atom is -0.480 e. The van der Waals surface area contributed by atoms with Crippen LogP contribution < -0.4 is 10.7 Å². The minimum atomic E-state index is -1.26. The first-order chi connectivity index (χ1) is 9.44. The van der Waals surface area contributed by atoms with Crippen LogP contribution in [-0.2, 0) is 4.79 Å². The number of carboxylic acid groups (broad SMARTS) is 1. The van der Waals surface area contributed by atoms with Crippen molar-refractivity contribution in [2.75, 3.05) is 0 Å². The largest absolute Gasteiger partial charge is 0.480 e. The molecular formula is C14H18N2O4. The van der Waals surface area contributed by atoms with Gasteiger partial charge in [-0.15, -0.1) is 0 Å². The normalized spacial score (nSPS) is 25.9. The highest BCUT2D eigenvalue weighted by Gasteiger charge is 2.42. The average Bonchev–Trinajstić information content (AvgIpc) is 2.41. The Morgan fingerprint density at radius 3 is 2.60 bits per heavy atom. The Morgan fingerprint density at radius 1 is 1.40 bits per heavy atom. The topological polar surface area (TPSA) is 99.3 Å². The SMILES string of the molecule is CC1CCC(NC(=O)c2c[nH]ccc2=O)(C(=O)O)CC1. The number of rotatable bonds is 3. The van der Waals surface area contributed by atoms with Gasteiger partial charge in [0, 0.05) is 18.5 Å². The number of hydrogen-bond donors (Lipinski definition) is 3. The van der Waals surface area contributed by atoms with Gasteiger partial charge in [0.1, 0.15) is 11.1 Å². The summed E-state index contributed by atoms with van der Waals surface area (Å²) in [5.41, 5.74) is -1.75. The van der Waals surface area contributed by atoms with E-state index in [1.807, 2.05) is 0 Å². The fourth-order valence-electron chi connectivity index (χ4n) is 2.53. The van der Waals surface area contributed by atoms with Crippen LogP contribution >= 0.6 is 0 Å². The Labute approximate surface area is 116 Å². The summed E-state index contributed by atoms with van der Waals surface area (Å²) >= 11 is 0. The van der Waals surface area contributed by atoms with Crippen LogP contribution in [0.1, 0.15) is 43.0 Å². The predicted molar refractivity (Wildman–Crippen MR) is 72.5 cm³/mol. The summed E-state index contributed by atoms with van der Waals surface area (Å²) in [6.45, 7) is 2.06. The number of amides is 1. The zero-order valence-electron chi connectivity index (χ0n) is 11.3. The monoisotopic (exact) mass is 278 g/mol. The second kappa shape index (κ2) is 5.48. The van der Waals surface area contributed by atoms with Crippen LogP contribution in [0.4, 0.5) is 0 Å². The van der Waals surface area contributed by atoms with Crippen LogP contribution in [0, 0.1) is 5.92 Å². The molecule has 0 aromatic carbocycles. The van der Waals surface area contributed by atoms with Crippen LogP contribution in [0.2, 0.25) is 0 Å². The molecule has 1 heterocycles. The van der Waals surface area contributed by atoms with Gasteiger partial charge in [0.15, 0.2) is 5.43 Å². The number of H-pyrrole nitrogens is 1. The second-order valence-electron chi connectivity index (χ2n) is 5.45. The summed E-state index contributed by atoms with van der Waals surface area (Å²) < 4.78 is 0. The lowest BCUT2D eigenvalue weighted by atomic mass is 9.77. The van der Waals surface area contributed by atoms with Gasteiger partial charge >= 0.3 is 5.97 Å².